The van der Waals surface area contributed by atoms with E-state index in [9.17, 15) is 14.7 Å². The lowest BCUT2D eigenvalue weighted by Crippen LogP contribution is -2.31. The van der Waals surface area contributed by atoms with Gasteiger partial charge >= 0.3 is 5.69 Å². The van der Waals surface area contributed by atoms with Crippen LogP contribution in [0.3, 0.4) is 0 Å². The summed E-state index contributed by atoms with van der Waals surface area (Å²) >= 11 is 1.38. The van der Waals surface area contributed by atoms with E-state index in [0.717, 1.165) is 24.1 Å². The number of H-pyrrole nitrogens is 2. The number of imidazole rings is 1. The summed E-state index contributed by atoms with van der Waals surface area (Å²) in [6.45, 7) is 1.24. The van der Waals surface area contributed by atoms with Crippen LogP contribution in [0.1, 0.15) is 34.6 Å². The molecule has 4 aromatic heterocycles. The van der Waals surface area contributed by atoms with Crippen molar-refractivity contribution in [1.82, 2.24) is 29.5 Å². The van der Waals surface area contributed by atoms with Gasteiger partial charge in [-0.1, -0.05) is 0 Å². The molecule has 1 amide bonds. The second-order valence-corrected chi connectivity index (χ2v) is 9.73. The topological polar surface area (TPSA) is 158 Å². The van der Waals surface area contributed by atoms with Gasteiger partial charge in [0, 0.05) is 30.4 Å². The first kappa shape index (κ1) is 20.8. The fourth-order valence-corrected chi connectivity index (χ4v) is 4.98. The van der Waals surface area contributed by atoms with Crippen LogP contribution in [-0.4, -0.2) is 65.7 Å². The van der Waals surface area contributed by atoms with Crippen molar-refractivity contribution in [2.45, 2.75) is 31.3 Å². The Kier molecular flexibility index (Phi) is 4.85. The predicted octanol–water partition coefficient (Wildman–Crippen LogP) is -0.0362. The van der Waals surface area contributed by atoms with Gasteiger partial charge in [0.15, 0.2) is 11.1 Å². The third-order valence-corrected chi connectivity index (χ3v) is 7.05. The van der Waals surface area contributed by atoms with Gasteiger partial charge in [-0.15, -0.1) is 11.3 Å². The van der Waals surface area contributed by atoms with Gasteiger partial charge in [-0.2, -0.15) is 9.61 Å². The molecule has 1 saturated heterocycles. The molecule has 1 aliphatic carbocycles. The van der Waals surface area contributed by atoms with Crippen LogP contribution >= 0.6 is 11.3 Å². The normalized spacial score (nSPS) is 19.6. The van der Waals surface area contributed by atoms with E-state index < -0.39 is 5.69 Å². The number of aromatic nitrogens is 5. The number of nitrogens with two attached hydrogens (primary N) is 1. The first-order chi connectivity index (χ1) is 16.4. The number of aromatic hydroxyl groups is 1. The number of thiophene rings is 1. The number of hydrogen-bond donors (Lipinski definition) is 4. The molecule has 2 fully saturated rings. The third kappa shape index (κ3) is 3.80. The minimum absolute atomic E-state index is 0.0153. The molecule has 4 aromatic rings. The minimum atomic E-state index is -0.506. The van der Waals surface area contributed by atoms with E-state index in [-0.39, 0.29) is 29.6 Å². The Morgan fingerprint density at radius 2 is 2.15 bits per heavy atom. The zero-order valence-electron chi connectivity index (χ0n) is 18.1. The van der Waals surface area contributed by atoms with Crippen LogP contribution in [0.15, 0.2) is 34.2 Å². The van der Waals surface area contributed by atoms with Crippen LogP contribution < -0.4 is 22.1 Å². The molecule has 0 aromatic carbocycles. The molecule has 0 unspecified atom stereocenters. The number of fused-ring (bicyclic) bond motifs is 1. The molecule has 5 N–H and O–H groups in total. The molecule has 5 heterocycles. The molecule has 1 saturated carbocycles. The van der Waals surface area contributed by atoms with Crippen LogP contribution in [-0.2, 0) is 0 Å². The molecule has 0 radical (unpaired) electrons. The Bertz CT molecular complexity index is 1590. The zero-order valence-corrected chi connectivity index (χ0v) is 18.9. The first-order valence-corrected chi connectivity index (χ1v) is 11.9. The Morgan fingerprint density at radius 1 is 1.29 bits per heavy atom. The summed E-state index contributed by atoms with van der Waals surface area (Å²) < 4.78 is 1.65. The van der Waals surface area contributed by atoms with Crippen molar-refractivity contribution in [3.8, 4) is 16.5 Å². The second kappa shape index (κ2) is 7.92. The molecule has 0 bridgehead atoms. The highest BCUT2D eigenvalue weighted by molar-refractivity contribution is 7.17. The molecule has 2 aliphatic rings. The summed E-state index contributed by atoms with van der Waals surface area (Å²) in [6, 6.07) is 5.89. The van der Waals surface area contributed by atoms with Gasteiger partial charge in [0.25, 0.3) is 5.91 Å². The van der Waals surface area contributed by atoms with Gasteiger partial charge in [-0.3, -0.25) is 14.8 Å². The van der Waals surface area contributed by atoms with Crippen molar-refractivity contribution >= 4 is 29.0 Å². The van der Waals surface area contributed by atoms with Gasteiger partial charge in [0.1, 0.15) is 5.69 Å². The van der Waals surface area contributed by atoms with Crippen molar-refractivity contribution in [2.75, 3.05) is 13.1 Å². The highest BCUT2D eigenvalue weighted by Crippen LogP contribution is 2.28. The first-order valence-electron chi connectivity index (χ1n) is 11.1. The number of amides is 1. The quantitative estimate of drug-likeness (QED) is 0.322. The molecule has 6 rings (SSSR count). The highest BCUT2D eigenvalue weighted by atomic mass is 32.1. The Morgan fingerprint density at radius 3 is 2.85 bits per heavy atom. The number of nitrogens with one attached hydrogen (secondary N) is 2. The van der Waals surface area contributed by atoms with Gasteiger partial charge < -0.3 is 20.7 Å². The fraction of sp³-hybridized carbons (Fsp3) is 0.318. The number of carbonyl (C=O) groups excluding carboxylic acids is 1. The molecule has 0 spiro atoms. The third-order valence-electron chi connectivity index (χ3n) is 5.96. The summed E-state index contributed by atoms with van der Waals surface area (Å²) in [4.78, 5) is 42.1. The van der Waals surface area contributed by atoms with Gasteiger partial charge in [0.2, 0.25) is 5.88 Å². The van der Waals surface area contributed by atoms with Crippen LogP contribution in [0.2, 0.25) is 0 Å². The fourth-order valence-electron chi connectivity index (χ4n) is 4.04. The zero-order chi connectivity index (χ0) is 23.4. The minimum Gasteiger partial charge on any atom is -0.493 e. The van der Waals surface area contributed by atoms with Gasteiger partial charge in [-0.05, 0) is 37.5 Å². The maximum atomic E-state index is 12.9. The van der Waals surface area contributed by atoms with Crippen molar-refractivity contribution in [3.05, 3.63) is 56.2 Å². The van der Waals surface area contributed by atoms with Crippen molar-refractivity contribution in [2.24, 2.45) is 10.7 Å². The second-order valence-electron chi connectivity index (χ2n) is 8.64. The maximum absolute atomic E-state index is 12.9. The molecular formula is C22H22N8O3S. The molecule has 1 atom stereocenters. The van der Waals surface area contributed by atoms with E-state index >= 15 is 0 Å². The van der Waals surface area contributed by atoms with Crippen molar-refractivity contribution < 1.29 is 9.90 Å². The summed E-state index contributed by atoms with van der Waals surface area (Å²) in [5.41, 5.74) is 7.57. The number of hydrogen-bond acceptors (Lipinski definition) is 8. The monoisotopic (exact) mass is 478 g/mol. The van der Waals surface area contributed by atoms with E-state index in [0.29, 0.717) is 40.0 Å². The smallest absolute Gasteiger partial charge is 0.326 e. The lowest BCUT2D eigenvalue weighted by molar-refractivity contribution is 0.0795. The number of rotatable bonds is 4. The van der Waals surface area contributed by atoms with Gasteiger partial charge in [0.05, 0.1) is 27.7 Å². The van der Waals surface area contributed by atoms with Crippen LogP contribution in [0.4, 0.5) is 0 Å². The molecule has 12 heteroatoms. The SMILES string of the molecule is N[C@H]1CCN(C(=O)c2ccc(-c3cc(=NC4CC4)n4nc/c(=C/c5[nH]c(=O)[nH]c5O)c4n3)s2)C1. The van der Waals surface area contributed by atoms with E-state index in [2.05, 4.69) is 15.1 Å². The predicted molar refractivity (Wildman–Crippen MR) is 125 cm³/mol. The number of nitrogens with zero attached hydrogens (tertiary/aromatic N) is 5. The van der Waals surface area contributed by atoms with Crippen LogP contribution in [0.5, 0.6) is 5.88 Å². The van der Waals surface area contributed by atoms with Crippen LogP contribution in [0.25, 0.3) is 22.3 Å². The molecule has 34 heavy (non-hydrogen) atoms. The lowest BCUT2D eigenvalue weighted by Gasteiger charge is -2.14. The maximum Gasteiger partial charge on any atom is 0.326 e. The molecule has 174 valence electrons. The Balaban J connectivity index is 1.46. The summed E-state index contributed by atoms with van der Waals surface area (Å²) in [5.74, 6) is -0.273. The van der Waals surface area contributed by atoms with Crippen molar-refractivity contribution in [3.63, 3.8) is 0 Å². The average Bonchev–Trinajstić information content (AvgIpc) is 3.18. The molecule has 11 nitrogen and oxygen atoms in total. The lowest BCUT2D eigenvalue weighted by atomic mass is 10.3. The van der Waals surface area contributed by atoms with Gasteiger partial charge in [-0.25, -0.2) is 9.78 Å². The van der Waals surface area contributed by atoms with E-state index in [1.54, 1.807) is 21.7 Å². The largest absolute Gasteiger partial charge is 0.493 e. The van der Waals surface area contributed by atoms with Crippen molar-refractivity contribution in [1.29, 1.82) is 0 Å². The summed E-state index contributed by atoms with van der Waals surface area (Å²) in [7, 11) is 0. The Hall–Kier alpha value is -3.77. The Labute approximate surface area is 196 Å². The van der Waals surface area contributed by atoms with E-state index in [1.807, 2.05) is 18.2 Å². The molecule has 1 aliphatic heterocycles. The van der Waals surface area contributed by atoms with E-state index in [4.69, 9.17) is 15.7 Å². The summed E-state index contributed by atoms with van der Waals surface area (Å²) in [5, 5.41) is 15.0. The molecular weight excluding hydrogens is 456 g/mol. The number of carbonyl (C=O) groups is 1. The highest BCUT2D eigenvalue weighted by Gasteiger charge is 2.26. The van der Waals surface area contributed by atoms with Crippen LogP contribution in [0, 0.1) is 0 Å². The van der Waals surface area contributed by atoms with E-state index in [1.165, 1.54) is 11.3 Å². The standard InChI is InChI=1S/C22H22N8O3S/c23-12-5-6-29(10-12)21(32)17-4-3-16(34-17)14-8-18(25-13-1-2-13)30-19(26-14)11(9-24-30)7-15-20(31)28-22(33)27-15/h3-4,7-9,12-13,31H,1-2,5-6,10,23H2,(H2,27,28,33)/b11-7-,25-18?/t12-/m0/s1. The number of likely N-dealkylation sites (tertiary alicyclic amines) is 1. The number of aromatic amines is 2. The summed E-state index contributed by atoms with van der Waals surface area (Å²) in [6.07, 6.45) is 6.10. The average molecular weight is 479 g/mol.